The van der Waals surface area contributed by atoms with Gasteiger partial charge in [0.1, 0.15) is 5.65 Å². The standard InChI is InChI=1S/C22H24N4O2S/c1-3-28-13-7-12-26-21(27)18-9-4-5-10-19(18)24-22(26)29-15-17-14-25-11-6-8-16(2)20(25)23-17/h4-6,8-11,14H,3,7,12-13,15H2,1-2H3. The molecule has 150 valence electrons. The minimum atomic E-state index is 0.000411. The molecule has 0 atom stereocenters. The molecular formula is C22H24N4O2S. The normalized spacial score (nSPS) is 11.5. The highest BCUT2D eigenvalue weighted by Gasteiger charge is 2.13. The van der Waals surface area contributed by atoms with Crippen molar-refractivity contribution in [2.45, 2.75) is 37.7 Å². The molecule has 1 aromatic carbocycles. The summed E-state index contributed by atoms with van der Waals surface area (Å²) >= 11 is 1.55. The van der Waals surface area contributed by atoms with Gasteiger partial charge in [-0.05, 0) is 44.0 Å². The van der Waals surface area contributed by atoms with Crippen LogP contribution < -0.4 is 5.56 Å². The molecule has 7 heteroatoms. The maximum atomic E-state index is 13.1. The Hall–Kier alpha value is -2.64. The minimum absolute atomic E-state index is 0.000411. The Bertz CT molecular complexity index is 1200. The molecule has 0 spiro atoms. The van der Waals surface area contributed by atoms with E-state index >= 15 is 0 Å². The molecule has 29 heavy (non-hydrogen) atoms. The van der Waals surface area contributed by atoms with Crippen LogP contribution >= 0.6 is 11.8 Å². The third-order valence-electron chi connectivity index (χ3n) is 4.78. The number of hydrogen-bond donors (Lipinski definition) is 0. The van der Waals surface area contributed by atoms with Gasteiger partial charge in [0.25, 0.3) is 5.56 Å². The second-order valence-corrected chi connectivity index (χ2v) is 7.80. The molecule has 6 nitrogen and oxygen atoms in total. The zero-order chi connectivity index (χ0) is 20.2. The highest BCUT2D eigenvalue weighted by molar-refractivity contribution is 7.98. The summed E-state index contributed by atoms with van der Waals surface area (Å²) < 4.78 is 9.25. The van der Waals surface area contributed by atoms with E-state index in [4.69, 9.17) is 14.7 Å². The van der Waals surface area contributed by atoms with Gasteiger partial charge in [-0.2, -0.15) is 0 Å². The quantitative estimate of drug-likeness (QED) is 0.250. The Morgan fingerprint density at radius 3 is 2.83 bits per heavy atom. The van der Waals surface area contributed by atoms with Gasteiger partial charge in [-0.1, -0.05) is 30.0 Å². The highest BCUT2D eigenvalue weighted by Crippen LogP contribution is 2.23. The molecule has 4 rings (SSSR count). The lowest BCUT2D eigenvalue weighted by atomic mass is 10.2. The number of para-hydroxylation sites is 1. The molecule has 0 aliphatic carbocycles. The smallest absolute Gasteiger partial charge is 0.262 e. The monoisotopic (exact) mass is 408 g/mol. The van der Waals surface area contributed by atoms with Crippen molar-refractivity contribution >= 4 is 28.3 Å². The van der Waals surface area contributed by atoms with Gasteiger partial charge in [0.05, 0.1) is 16.6 Å². The van der Waals surface area contributed by atoms with Crippen LogP contribution in [0.2, 0.25) is 0 Å². The zero-order valence-corrected chi connectivity index (χ0v) is 17.5. The van der Waals surface area contributed by atoms with Gasteiger partial charge in [-0.25, -0.2) is 9.97 Å². The molecule has 0 aliphatic heterocycles. The van der Waals surface area contributed by atoms with Gasteiger partial charge in [0, 0.05) is 37.9 Å². The molecule has 0 saturated heterocycles. The van der Waals surface area contributed by atoms with Crippen LogP contribution in [0.25, 0.3) is 16.6 Å². The number of aromatic nitrogens is 4. The number of fused-ring (bicyclic) bond motifs is 2. The van der Waals surface area contributed by atoms with Gasteiger partial charge in [-0.3, -0.25) is 9.36 Å². The van der Waals surface area contributed by atoms with Crippen LogP contribution in [0.4, 0.5) is 0 Å². The molecule has 0 fully saturated rings. The van der Waals surface area contributed by atoms with E-state index in [-0.39, 0.29) is 5.56 Å². The molecule has 0 bridgehead atoms. The van der Waals surface area contributed by atoms with Gasteiger partial charge in [0.15, 0.2) is 5.16 Å². The largest absolute Gasteiger partial charge is 0.382 e. The van der Waals surface area contributed by atoms with Crippen LogP contribution in [0.15, 0.2) is 58.7 Å². The first-order valence-corrected chi connectivity index (χ1v) is 10.8. The van der Waals surface area contributed by atoms with Gasteiger partial charge < -0.3 is 9.14 Å². The van der Waals surface area contributed by atoms with Crippen LogP contribution in [-0.2, 0) is 17.0 Å². The van der Waals surface area contributed by atoms with E-state index in [1.54, 1.807) is 16.3 Å². The molecule has 0 unspecified atom stereocenters. The zero-order valence-electron chi connectivity index (χ0n) is 16.7. The predicted octanol–water partition coefficient (Wildman–Crippen LogP) is 4.07. The summed E-state index contributed by atoms with van der Waals surface area (Å²) in [5.74, 6) is 0.650. The molecular weight excluding hydrogens is 384 g/mol. The fourth-order valence-corrected chi connectivity index (χ4v) is 4.25. The van der Waals surface area contributed by atoms with E-state index < -0.39 is 0 Å². The van der Waals surface area contributed by atoms with E-state index in [1.165, 1.54) is 0 Å². The summed E-state index contributed by atoms with van der Waals surface area (Å²) in [7, 11) is 0. The molecule has 0 N–H and O–H groups in total. The molecule has 3 aromatic heterocycles. The fourth-order valence-electron chi connectivity index (χ4n) is 3.34. The van der Waals surface area contributed by atoms with Crippen LogP contribution in [0.3, 0.4) is 0 Å². The second kappa shape index (κ2) is 8.80. The third kappa shape index (κ3) is 4.21. The van der Waals surface area contributed by atoms with Crippen molar-refractivity contribution in [3.8, 4) is 0 Å². The summed E-state index contributed by atoms with van der Waals surface area (Å²) in [5, 5.41) is 1.37. The van der Waals surface area contributed by atoms with Crippen molar-refractivity contribution in [2.24, 2.45) is 0 Å². The van der Waals surface area contributed by atoms with E-state index in [9.17, 15) is 4.79 Å². The van der Waals surface area contributed by atoms with Crippen LogP contribution in [0, 0.1) is 6.92 Å². The topological polar surface area (TPSA) is 61.4 Å². The first-order chi connectivity index (χ1) is 14.2. The lowest BCUT2D eigenvalue weighted by Crippen LogP contribution is -2.24. The lowest BCUT2D eigenvalue weighted by molar-refractivity contribution is 0.140. The van der Waals surface area contributed by atoms with Gasteiger partial charge >= 0.3 is 0 Å². The SMILES string of the molecule is CCOCCCn1c(SCc2cn3cccc(C)c3n2)nc2ccccc2c1=O. The Morgan fingerprint density at radius 1 is 1.14 bits per heavy atom. The van der Waals surface area contributed by atoms with Crippen molar-refractivity contribution in [3.63, 3.8) is 0 Å². The predicted molar refractivity (Wildman–Crippen MR) is 117 cm³/mol. The number of nitrogens with zero attached hydrogens (tertiary/aromatic N) is 4. The number of pyridine rings is 1. The van der Waals surface area contributed by atoms with Crippen molar-refractivity contribution in [1.29, 1.82) is 0 Å². The van der Waals surface area contributed by atoms with E-state index in [2.05, 4.69) is 13.0 Å². The van der Waals surface area contributed by atoms with Crippen LogP contribution in [0.1, 0.15) is 24.6 Å². The molecule has 4 aromatic rings. The average Bonchev–Trinajstić information content (AvgIpc) is 3.16. The molecule has 3 heterocycles. The number of benzene rings is 1. The van der Waals surface area contributed by atoms with Gasteiger partial charge in [-0.15, -0.1) is 0 Å². The number of rotatable bonds is 8. The maximum absolute atomic E-state index is 13.1. The third-order valence-corrected chi connectivity index (χ3v) is 5.79. The molecule has 0 amide bonds. The number of imidazole rings is 1. The Kier molecular flexibility index (Phi) is 5.97. The van der Waals surface area contributed by atoms with E-state index in [0.717, 1.165) is 34.0 Å². The number of thioether (sulfide) groups is 1. The molecule has 0 radical (unpaired) electrons. The molecule has 0 aliphatic rings. The van der Waals surface area contributed by atoms with Crippen molar-refractivity contribution in [2.75, 3.05) is 13.2 Å². The number of hydrogen-bond acceptors (Lipinski definition) is 5. The summed E-state index contributed by atoms with van der Waals surface area (Å²) in [5.41, 5.74) is 3.80. The summed E-state index contributed by atoms with van der Waals surface area (Å²) in [4.78, 5) is 22.6. The number of ether oxygens (including phenoxy) is 1. The Morgan fingerprint density at radius 2 is 2.00 bits per heavy atom. The minimum Gasteiger partial charge on any atom is -0.382 e. The van der Waals surface area contributed by atoms with Crippen molar-refractivity contribution in [1.82, 2.24) is 18.9 Å². The fraction of sp³-hybridized carbons (Fsp3) is 0.318. The summed E-state index contributed by atoms with van der Waals surface area (Å²) in [6.07, 6.45) is 4.81. The highest BCUT2D eigenvalue weighted by atomic mass is 32.2. The van der Waals surface area contributed by atoms with Crippen molar-refractivity contribution in [3.05, 3.63) is 70.4 Å². The van der Waals surface area contributed by atoms with E-state index in [1.807, 2.05) is 54.0 Å². The van der Waals surface area contributed by atoms with Crippen molar-refractivity contribution < 1.29 is 4.74 Å². The Balaban J connectivity index is 1.63. The number of aryl methyl sites for hydroxylation is 1. The van der Waals surface area contributed by atoms with Crippen LogP contribution in [0.5, 0.6) is 0 Å². The first-order valence-electron chi connectivity index (χ1n) is 9.80. The first kappa shape index (κ1) is 19.7. The summed E-state index contributed by atoms with van der Waals surface area (Å²) in [6.45, 7) is 5.93. The summed E-state index contributed by atoms with van der Waals surface area (Å²) in [6, 6.07) is 11.6. The van der Waals surface area contributed by atoms with Crippen LogP contribution in [-0.4, -0.2) is 32.1 Å². The molecule has 0 saturated carbocycles. The second-order valence-electron chi connectivity index (χ2n) is 6.86. The Labute approximate surface area is 173 Å². The van der Waals surface area contributed by atoms with Gasteiger partial charge in [0.2, 0.25) is 0 Å². The lowest BCUT2D eigenvalue weighted by Gasteiger charge is -2.12. The van der Waals surface area contributed by atoms with E-state index in [0.29, 0.717) is 30.9 Å². The average molecular weight is 409 g/mol. The maximum Gasteiger partial charge on any atom is 0.262 e.